The maximum Gasteiger partial charge on any atom is 0.335 e. The number of aromatic carboxylic acids is 1. The minimum atomic E-state index is -1.01. The number of carboxylic acid groups (broad SMARTS) is 2. The molecule has 1 heterocycles. The fourth-order valence-electron chi connectivity index (χ4n) is 1.51. The first-order valence-corrected chi connectivity index (χ1v) is 5.25. The third-order valence-electron chi connectivity index (χ3n) is 2.36. The molecular weight excluding hydrogens is 238 g/mol. The number of carbonyl (C=O) groups is 2. The van der Waals surface area contributed by atoms with Crippen molar-refractivity contribution in [1.29, 1.82) is 0 Å². The van der Waals surface area contributed by atoms with Crippen LogP contribution < -0.4 is 5.32 Å². The Morgan fingerprint density at radius 1 is 1.33 bits per heavy atom. The highest BCUT2D eigenvalue weighted by atomic mass is 16.4. The molecule has 0 bridgehead atoms. The van der Waals surface area contributed by atoms with Gasteiger partial charge in [0.05, 0.1) is 23.0 Å². The van der Waals surface area contributed by atoms with Crippen LogP contribution in [0.15, 0.2) is 18.2 Å². The smallest absolute Gasteiger partial charge is 0.335 e. The van der Waals surface area contributed by atoms with E-state index in [1.165, 1.54) is 12.1 Å². The van der Waals surface area contributed by atoms with Crippen LogP contribution in [0.2, 0.25) is 0 Å². The summed E-state index contributed by atoms with van der Waals surface area (Å²) in [6.07, 6.45) is -0.0164. The Kier molecular flexibility index (Phi) is 3.13. The summed E-state index contributed by atoms with van der Waals surface area (Å²) in [5.74, 6) is -1.48. The number of nitrogens with one attached hydrogen (secondary N) is 2. The quantitative estimate of drug-likeness (QED) is 0.631. The van der Waals surface area contributed by atoms with E-state index in [-0.39, 0.29) is 18.5 Å². The van der Waals surface area contributed by atoms with Gasteiger partial charge in [0, 0.05) is 6.54 Å². The topological polar surface area (TPSA) is 115 Å². The van der Waals surface area contributed by atoms with Crippen molar-refractivity contribution in [3.8, 4) is 0 Å². The highest BCUT2D eigenvalue weighted by Crippen LogP contribution is 2.16. The predicted molar refractivity (Wildman–Crippen MR) is 63.8 cm³/mol. The van der Waals surface area contributed by atoms with E-state index in [1.54, 1.807) is 6.07 Å². The third-order valence-corrected chi connectivity index (χ3v) is 2.36. The van der Waals surface area contributed by atoms with Gasteiger partial charge in [-0.15, -0.1) is 0 Å². The molecule has 0 amide bonds. The number of hydrogen-bond acceptors (Lipinski definition) is 4. The number of nitrogens with zero attached hydrogens (tertiary/aromatic N) is 1. The van der Waals surface area contributed by atoms with E-state index >= 15 is 0 Å². The molecule has 0 radical (unpaired) electrons. The summed E-state index contributed by atoms with van der Waals surface area (Å²) < 4.78 is 0. The monoisotopic (exact) mass is 249 g/mol. The van der Waals surface area contributed by atoms with Crippen molar-refractivity contribution in [1.82, 2.24) is 9.97 Å². The molecule has 0 saturated heterocycles. The molecule has 7 heteroatoms. The van der Waals surface area contributed by atoms with Gasteiger partial charge in [-0.05, 0) is 18.2 Å². The van der Waals surface area contributed by atoms with Gasteiger partial charge in [0.15, 0.2) is 0 Å². The Bertz CT molecular complexity index is 605. The average molecular weight is 249 g/mol. The lowest BCUT2D eigenvalue weighted by atomic mass is 10.2. The van der Waals surface area contributed by atoms with Crippen LogP contribution in [0.1, 0.15) is 16.8 Å². The zero-order chi connectivity index (χ0) is 13.1. The molecule has 0 aliphatic rings. The molecule has 2 aromatic rings. The van der Waals surface area contributed by atoms with Crippen LogP contribution in [0, 0.1) is 0 Å². The summed E-state index contributed by atoms with van der Waals surface area (Å²) in [6, 6.07) is 4.54. The third kappa shape index (κ3) is 2.57. The second-order valence-corrected chi connectivity index (χ2v) is 3.69. The second kappa shape index (κ2) is 4.74. The zero-order valence-corrected chi connectivity index (χ0v) is 9.30. The number of H-pyrrole nitrogens is 1. The largest absolute Gasteiger partial charge is 0.481 e. The number of aliphatic carboxylic acids is 1. The summed E-state index contributed by atoms with van der Waals surface area (Å²) in [6.45, 7) is 0.251. The molecule has 0 aliphatic heterocycles. The van der Waals surface area contributed by atoms with E-state index in [0.29, 0.717) is 17.0 Å². The molecule has 4 N–H and O–H groups in total. The first-order chi connectivity index (χ1) is 8.56. The molecule has 18 heavy (non-hydrogen) atoms. The molecule has 0 spiro atoms. The molecular formula is C11H11N3O4. The van der Waals surface area contributed by atoms with Crippen molar-refractivity contribution in [2.45, 2.75) is 6.42 Å². The van der Waals surface area contributed by atoms with Gasteiger partial charge in [-0.1, -0.05) is 0 Å². The van der Waals surface area contributed by atoms with Crippen molar-refractivity contribution in [2.75, 3.05) is 11.9 Å². The van der Waals surface area contributed by atoms with Gasteiger partial charge in [-0.25, -0.2) is 9.78 Å². The number of aromatic amines is 1. The summed E-state index contributed by atoms with van der Waals surface area (Å²) in [7, 11) is 0. The van der Waals surface area contributed by atoms with Gasteiger partial charge in [0.2, 0.25) is 5.95 Å². The Labute approximate surface area is 101 Å². The number of rotatable bonds is 5. The number of fused-ring (bicyclic) bond motifs is 1. The molecule has 0 aliphatic carbocycles. The molecule has 0 unspecified atom stereocenters. The lowest BCUT2D eigenvalue weighted by Crippen LogP contribution is -2.08. The minimum absolute atomic E-state index is 0.0164. The molecule has 7 nitrogen and oxygen atoms in total. The average Bonchev–Trinajstić information content (AvgIpc) is 2.69. The lowest BCUT2D eigenvalue weighted by Gasteiger charge is -1.98. The van der Waals surface area contributed by atoms with Gasteiger partial charge in [-0.2, -0.15) is 0 Å². The van der Waals surface area contributed by atoms with E-state index in [0.717, 1.165) is 0 Å². The highest BCUT2D eigenvalue weighted by Gasteiger charge is 2.07. The van der Waals surface area contributed by atoms with Crippen molar-refractivity contribution in [3.05, 3.63) is 23.8 Å². The van der Waals surface area contributed by atoms with Crippen LogP contribution in [0.4, 0.5) is 5.95 Å². The Hall–Kier alpha value is -2.57. The van der Waals surface area contributed by atoms with E-state index in [1.807, 2.05) is 0 Å². The summed E-state index contributed by atoms with van der Waals surface area (Å²) in [4.78, 5) is 28.2. The van der Waals surface area contributed by atoms with Gasteiger partial charge in [0.25, 0.3) is 0 Å². The maximum absolute atomic E-state index is 10.8. The van der Waals surface area contributed by atoms with Crippen LogP contribution in [0.3, 0.4) is 0 Å². The van der Waals surface area contributed by atoms with Crippen molar-refractivity contribution in [2.24, 2.45) is 0 Å². The highest BCUT2D eigenvalue weighted by molar-refractivity contribution is 5.92. The Balaban J connectivity index is 2.16. The van der Waals surface area contributed by atoms with Crippen LogP contribution in [0.5, 0.6) is 0 Å². The number of hydrogen-bond donors (Lipinski definition) is 4. The Morgan fingerprint density at radius 2 is 2.11 bits per heavy atom. The van der Waals surface area contributed by atoms with E-state index in [9.17, 15) is 9.59 Å². The predicted octanol–water partition coefficient (Wildman–Crippen LogP) is 1.15. The van der Waals surface area contributed by atoms with Crippen LogP contribution in [-0.4, -0.2) is 38.7 Å². The second-order valence-electron chi connectivity index (χ2n) is 3.69. The SMILES string of the molecule is O=C(O)CCNc1nc2ccc(C(=O)O)cc2[nH]1. The molecule has 94 valence electrons. The van der Waals surface area contributed by atoms with Gasteiger partial charge < -0.3 is 20.5 Å². The minimum Gasteiger partial charge on any atom is -0.481 e. The fourth-order valence-corrected chi connectivity index (χ4v) is 1.51. The normalized spacial score (nSPS) is 10.4. The van der Waals surface area contributed by atoms with Crippen LogP contribution >= 0.6 is 0 Å². The van der Waals surface area contributed by atoms with Crippen molar-refractivity contribution >= 4 is 28.9 Å². The summed E-state index contributed by atoms with van der Waals surface area (Å²) in [5, 5.41) is 20.2. The molecule has 0 saturated carbocycles. The van der Waals surface area contributed by atoms with Gasteiger partial charge >= 0.3 is 11.9 Å². The fraction of sp³-hybridized carbons (Fsp3) is 0.182. The van der Waals surface area contributed by atoms with E-state index in [4.69, 9.17) is 10.2 Å². The molecule has 1 aromatic heterocycles. The molecule has 0 fully saturated rings. The summed E-state index contributed by atoms with van der Waals surface area (Å²) >= 11 is 0. The van der Waals surface area contributed by atoms with Crippen LogP contribution in [-0.2, 0) is 4.79 Å². The first-order valence-electron chi connectivity index (χ1n) is 5.25. The number of benzene rings is 1. The van der Waals surface area contributed by atoms with Gasteiger partial charge in [-0.3, -0.25) is 4.79 Å². The number of carboxylic acids is 2. The molecule has 2 rings (SSSR count). The van der Waals surface area contributed by atoms with E-state index < -0.39 is 11.9 Å². The first kappa shape index (κ1) is 11.9. The molecule has 1 aromatic carbocycles. The molecule has 0 atom stereocenters. The standard InChI is InChI=1S/C11H11N3O4/c15-9(16)3-4-12-11-13-7-2-1-6(10(17)18)5-8(7)14-11/h1-2,5H,3-4H2,(H,15,16)(H,17,18)(H2,12,13,14). The summed E-state index contributed by atoms with van der Waals surface area (Å²) in [5.41, 5.74) is 1.38. The number of aromatic nitrogens is 2. The lowest BCUT2D eigenvalue weighted by molar-refractivity contribution is -0.136. The number of imidazole rings is 1. The zero-order valence-electron chi connectivity index (χ0n) is 9.30. The maximum atomic E-state index is 10.8. The van der Waals surface area contributed by atoms with Gasteiger partial charge in [0.1, 0.15) is 0 Å². The van der Waals surface area contributed by atoms with Crippen molar-refractivity contribution < 1.29 is 19.8 Å². The van der Waals surface area contributed by atoms with E-state index in [2.05, 4.69) is 15.3 Å². The van der Waals surface area contributed by atoms with Crippen molar-refractivity contribution in [3.63, 3.8) is 0 Å². The van der Waals surface area contributed by atoms with Crippen LogP contribution in [0.25, 0.3) is 11.0 Å². The number of anilines is 1. The Morgan fingerprint density at radius 3 is 2.78 bits per heavy atom.